The van der Waals surface area contributed by atoms with Gasteiger partial charge in [0.15, 0.2) is 0 Å². The van der Waals surface area contributed by atoms with E-state index in [1.54, 1.807) is 0 Å². The first-order valence-corrected chi connectivity index (χ1v) is 5.63. The maximum atomic E-state index is 10.1. The fourth-order valence-corrected chi connectivity index (χ4v) is 2.54. The van der Waals surface area contributed by atoms with Gasteiger partial charge in [0.05, 0.1) is 5.60 Å². The lowest BCUT2D eigenvalue weighted by atomic mass is 9.80. The summed E-state index contributed by atoms with van der Waals surface area (Å²) in [6.07, 6.45) is 2.36. The molecule has 0 spiro atoms. The number of hydrogen-bond donors (Lipinski definition) is 2. The van der Waals surface area contributed by atoms with E-state index < -0.39 is 5.60 Å². The monoisotopic (exact) mass is 255 g/mol. The molecule has 0 heterocycles. The summed E-state index contributed by atoms with van der Waals surface area (Å²) in [6.45, 7) is 0.341. The Morgan fingerprint density at radius 3 is 3.00 bits per heavy atom. The molecule has 0 aliphatic heterocycles. The molecule has 2 nitrogen and oxygen atoms in total. The van der Waals surface area contributed by atoms with Crippen molar-refractivity contribution in [3.63, 3.8) is 0 Å². The van der Waals surface area contributed by atoms with Gasteiger partial charge in [0.25, 0.3) is 0 Å². The van der Waals surface area contributed by atoms with E-state index >= 15 is 0 Å². The van der Waals surface area contributed by atoms with Crippen LogP contribution in [0.2, 0.25) is 0 Å². The molecule has 1 aliphatic rings. The fraction of sp³-hybridized carbons (Fsp3) is 0.455. The molecule has 2 rings (SSSR count). The lowest BCUT2D eigenvalue weighted by molar-refractivity contribution is 0.0351. The summed E-state index contributed by atoms with van der Waals surface area (Å²) in [5.41, 5.74) is 7.43. The van der Waals surface area contributed by atoms with Gasteiger partial charge in [-0.25, -0.2) is 0 Å². The van der Waals surface area contributed by atoms with Gasteiger partial charge >= 0.3 is 0 Å². The number of aliphatic hydroxyl groups is 1. The van der Waals surface area contributed by atoms with Crippen LogP contribution < -0.4 is 5.73 Å². The van der Waals surface area contributed by atoms with Crippen LogP contribution in [0.1, 0.15) is 17.5 Å². The van der Waals surface area contributed by atoms with Gasteiger partial charge in [-0.3, -0.25) is 0 Å². The van der Waals surface area contributed by atoms with E-state index in [0.29, 0.717) is 13.0 Å². The molecule has 0 saturated carbocycles. The molecular weight excluding hydrogens is 242 g/mol. The SMILES string of the molecule is NCC1(O)CCc2cccc(Br)c2C1. The van der Waals surface area contributed by atoms with E-state index in [0.717, 1.165) is 17.3 Å². The minimum absolute atomic E-state index is 0.341. The van der Waals surface area contributed by atoms with Crippen LogP contribution in [0.15, 0.2) is 22.7 Å². The van der Waals surface area contributed by atoms with Crippen molar-refractivity contribution in [3.8, 4) is 0 Å². The number of rotatable bonds is 1. The number of halogens is 1. The van der Waals surface area contributed by atoms with Gasteiger partial charge in [0.2, 0.25) is 0 Å². The zero-order valence-corrected chi connectivity index (χ0v) is 9.55. The van der Waals surface area contributed by atoms with Gasteiger partial charge in [0, 0.05) is 17.4 Å². The van der Waals surface area contributed by atoms with Crippen molar-refractivity contribution >= 4 is 15.9 Å². The molecule has 0 fully saturated rings. The molecule has 1 atom stereocenters. The third kappa shape index (κ3) is 1.72. The summed E-state index contributed by atoms with van der Waals surface area (Å²) in [7, 11) is 0. The molecule has 1 aliphatic carbocycles. The third-order valence-corrected chi connectivity index (χ3v) is 3.70. The predicted molar refractivity (Wildman–Crippen MR) is 60.2 cm³/mol. The molecule has 1 unspecified atom stereocenters. The first kappa shape index (κ1) is 10.1. The van der Waals surface area contributed by atoms with Crippen molar-refractivity contribution in [1.82, 2.24) is 0 Å². The van der Waals surface area contributed by atoms with Gasteiger partial charge in [-0.2, -0.15) is 0 Å². The molecule has 3 N–H and O–H groups in total. The van der Waals surface area contributed by atoms with Crippen LogP contribution >= 0.6 is 15.9 Å². The second-order valence-electron chi connectivity index (χ2n) is 3.98. The summed E-state index contributed by atoms with van der Waals surface area (Å²) < 4.78 is 1.08. The molecule has 0 radical (unpaired) electrons. The van der Waals surface area contributed by atoms with Gasteiger partial charge in [-0.1, -0.05) is 28.1 Å². The average Bonchev–Trinajstić information content (AvgIpc) is 2.20. The maximum Gasteiger partial charge on any atom is 0.0813 e. The Balaban J connectivity index is 2.38. The molecule has 0 bridgehead atoms. The standard InChI is InChI=1S/C11H14BrNO/c12-10-3-1-2-8-4-5-11(14,7-13)6-9(8)10/h1-3,14H,4-7,13H2. The Morgan fingerprint density at radius 1 is 1.50 bits per heavy atom. The van der Waals surface area contributed by atoms with E-state index in [1.165, 1.54) is 11.1 Å². The fourth-order valence-electron chi connectivity index (χ4n) is 1.99. The number of benzene rings is 1. The topological polar surface area (TPSA) is 46.2 Å². The van der Waals surface area contributed by atoms with Crippen LogP contribution in [0.25, 0.3) is 0 Å². The molecule has 76 valence electrons. The van der Waals surface area contributed by atoms with Crippen LogP contribution in [0.3, 0.4) is 0 Å². The van der Waals surface area contributed by atoms with Crippen molar-refractivity contribution in [2.24, 2.45) is 5.73 Å². The highest BCUT2D eigenvalue weighted by Crippen LogP contribution is 2.32. The zero-order chi connectivity index (χ0) is 10.2. The molecule has 0 aromatic heterocycles. The Hall–Kier alpha value is -0.380. The number of nitrogens with two attached hydrogens (primary N) is 1. The Bertz CT molecular complexity index is 353. The Kier molecular flexibility index (Phi) is 2.64. The van der Waals surface area contributed by atoms with E-state index in [2.05, 4.69) is 22.0 Å². The molecule has 0 saturated heterocycles. The number of aryl methyl sites for hydroxylation is 1. The van der Waals surface area contributed by atoms with Gasteiger partial charge in [-0.05, 0) is 30.0 Å². The first-order chi connectivity index (χ1) is 6.64. The molecule has 14 heavy (non-hydrogen) atoms. The Morgan fingerprint density at radius 2 is 2.29 bits per heavy atom. The molecule has 1 aromatic carbocycles. The van der Waals surface area contributed by atoms with E-state index in [1.807, 2.05) is 12.1 Å². The molecule has 1 aromatic rings. The van der Waals surface area contributed by atoms with Crippen molar-refractivity contribution in [2.75, 3.05) is 6.54 Å². The number of hydrogen-bond acceptors (Lipinski definition) is 2. The number of fused-ring (bicyclic) bond motifs is 1. The molecule has 3 heteroatoms. The lowest BCUT2D eigenvalue weighted by Crippen LogP contribution is -2.43. The Labute approximate surface area is 92.3 Å². The first-order valence-electron chi connectivity index (χ1n) is 4.83. The summed E-state index contributed by atoms with van der Waals surface area (Å²) in [6, 6.07) is 6.17. The van der Waals surface area contributed by atoms with E-state index in [9.17, 15) is 5.11 Å². The van der Waals surface area contributed by atoms with Crippen LogP contribution in [-0.2, 0) is 12.8 Å². The summed E-state index contributed by atoms with van der Waals surface area (Å²) in [4.78, 5) is 0. The highest BCUT2D eigenvalue weighted by molar-refractivity contribution is 9.10. The average molecular weight is 256 g/mol. The maximum absolute atomic E-state index is 10.1. The minimum Gasteiger partial charge on any atom is -0.388 e. The summed E-state index contributed by atoms with van der Waals surface area (Å²) in [5.74, 6) is 0. The predicted octanol–water partition coefficient (Wildman–Crippen LogP) is 1.63. The molecule has 0 amide bonds. The van der Waals surface area contributed by atoms with Crippen LogP contribution in [0.5, 0.6) is 0 Å². The quantitative estimate of drug-likeness (QED) is 0.802. The van der Waals surface area contributed by atoms with Crippen molar-refractivity contribution in [3.05, 3.63) is 33.8 Å². The van der Waals surface area contributed by atoms with Crippen LogP contribution in [-0.4, -0.2) is 17.3 Å². The van der Waals surface area contributed by atoms with Crippen LogP contribution in [0, 0.1) is 0 Å². The highest BCUT2D eigenvalue weighted by Gasteiger charge is 2.31. The second-order valence-corrected chi connectivity index (χ2v) is 4.84. The minimum atomic E-state index is -0.698. The summed E-state index contributed by atoms with van der Waals surface area (Å²) in [5, 5.41) is 10.1. The summed E-state index contributed by atoms with van der Waals surface area (Å²) >= 11 is 3.51. The van der Waals surface area contributed by atoms with Crippen LogP contribution in [0.4, 0.5) is 0 Å². The highest BCUT2D eigenvalue weighted by atomic mass is 79.9. The molecular formula is C11H14BrNO. The normalized spacial score (nSPS) is 25.9. The van der Waals surface area contributed by atoms with Crippen molar-refractivity contribution < 1.29 is 5.11 Å². The smallest absolute Gasteiger partial charge is 0.0813 e. The third-order valence-electron chi connectivity index (χ3n) is 2.96. The van der Waals surface area contributed by atoms with Crippen molar-refractivity contribution in [1.29, 1.82) is 0 Å². The largest absolute Gasteiger partial charge is 0.388 e. The van der Waals surface area contributed by atoms with E-state index in [4.69, 9.17) is 5.73 Å². The van der Waals surface area contributed by atoms with Gasteiger partial charge in [-0.15, -0.1) is 0 Å². The lowest BCUT2D eigenvalue weighted by Gasteiger charge is -2.32. The zero-order valence-electron chi connectivity index (χ0n) is 7.96. The van der Waals surface area contributed by atoms with E-state index in [-0.39, 0.29) is 0 Å². The van der Waals surface area contributed by atoms with Crippen molar-refractivity contribution in [2.45, 2.75) is 24.9 Å². The second kappa shape index (κ2) is 3.65. The van der Waals surface area contributed by atoms with Gasteiger partial charge < -0.3 is 10.8 Å². The van der Waals surface area contributed by atoms with Gasteiger partial charge in [0.1, 0.15) is 0 Å².